The summed E-state index contributed by atoms with van der Waals surface area (Å²) in [6.07, 6.45) is 13.7. The third-order valence-corrected chi connectivity index (χ3v) is 4.45. The summed E-state index contributed by atoms with van der Waals surface area (Å²) in [5, 5.41) is 0. The van der Waals surface area contributed by atoms with Gasteiger partial charge in [-0.05, 0) is 31.6 Å². The van der Waals surface area contributed by atoms with E-state index in [-0.39, 0.29) is 0 Å². The molecule has 0 bridgehead atoms. The van der Waals surface area contributed by atoms with E-state index in [4.69, 9.17) is 5.73 Å². The Hall–Kier alpha value is -0.730. The van der Waals surface area contributed by atoms with Crippen molar-refractivity contribution in [3.63, 3.8) is 0 Å². The fraction of sp³-hybridized carbons (Fsp3) is 0.933. The summed E-state index contributed by atoms with van der Waals surface area (Å²) in [5.74, 6) is 1.81. The molecular weight excluding hydrogens is 222 g/mol. The Balaban J connectivity index is 1.55. The quantitative estimate of drug-likeness (QED) is 0.463. The zero-order chi connectivity index (χ0) is 12.6. The zero-order valence-electron chi connectivity index (χ0n) is 11.7. The van der Waals surface area contributed by atoms with E-state index in [1.165, 1.54) is 64.2 Å². The highest BCUT2D eigenvalue weighted by Crippen LogP contribution is 2.28. The van der Waals surface area contributed by atoms with Crippen LogP contribution in [0.15, 0.2) is 4.99 Å². The van der Waals surface area contributed by atoms with Gasteiger partial charge in [-0.25, -0.2) is 0 Å². The molecule has 0 unspecified atom stereocenters. The van der Waals surface area contributed by atoms with Crippen LogP contribution in [-0.2, 0) is 0 Å². The molecule has 0 radical (unpaired) electrons. The largest absolute Gasteiger partial charge is 0.370 e. The van der Waals surface area contributed by atoms with Crippen molar-refractivity contribution in [2.24, 2.45) is 16.6 Å². The van der Waals surface area contributed by atoms with Gasteiger partial charge in [0.1, 0.15) is 0 Å². The second-order valence-electron chi connectivity index (χ2n) is 5.93. The van der Waals surface area contributed by atoms with E-state index in [2.05, 4.69) is 9.89 Å². The predicted molar refractivity (Wildman–Crippen MR) is 77.7 cm³/mol. The summed E-state index contributed by atoms with van der Waals surface area (Å²) in [5.41, 5.74) is 6.03. The van der Waals surface area contributed by atoms with Crippen molar-refractivity contribution in [1.82, 2.24) is 4.90 Å². The number of hydrogen-bond donors (Lipinski definition) is 1. The third kappa shape index (κ3) is 4.51. The standard InChI is InChI=1S/C15H29N3/c16-15(18-12-6-1-7-13-18)17-11-5-4-10-14-8-2-3-9-14/h14H,1-13H2,(H2,16,17). The van der Waals surface area contributed by atoms with E-state index in [0.717, 1.165) is 31.5 Å². The summed E-state index contributed by atoms with van der Waals surface area (Å²) < 4.78 is 0. The number of aliphatic imine (C=N–C) groups is 1. The van der Waals surface area contributed by atoms with Gasteiger partial charge in [0.2, 0.25) is 0 Å². The highest BCUT2D eigenvalue weighted by Gasteiger charge is 2.14. The summed E-state index contributed by atoms with van der Waals surface area (Å²) in [6.45, 7) is 3.14. The summed E-state index contributed by atoms with van der Waals surface area (Å²) >= 11 is 0. The van der Waals surface area contributed by atoms with Crippen molar-refractivity contribution in [2.75, 3.05) is 19.6 Å². The van der Waals surface area contributed by atoms with Gasteiger partial charge in [0, 0.05) is 19.6 Å². The Morgan fingerprint density at radius 3 is 2.44 bits per heavy atom. The van der Waals surface area contributed by atoms with E-state index in [9.17, 15) is 0 Å². The summed E-state index contributed by atoms with van der Waals surface area (Å²) in [6, 6.07) is 0. The molecule has 3 nitrogen and oxygen atoms in total. The first-order valence-corrected chi connectivity index (χ1v) is 7.91. The van der Waals surface area contributed by atoms with Crippen LogP contribution in [0.1, 0.15) is 64.2 Å². The molecule has 2 fully saturated rings. The van der Waals surface area contributed by atoms with Crippen molar-refractivity contribution in [3.8, 4) is 0 Å². The number of guanidine groups is 1. The topological polar surface area (TPSA) is 41.6 Å². The first-order chi connectivity index (χ1) is 8.86. The van der Waals surface area contributed by atoms with Crippen LogP contribution < -0.4 is 5.73 Å². The van der Waals surface area contributed by atoms with Gasteiger partial charge in [-0.2, -0.15) is 0 Å². The zero-order valence-corrected chi connectivity index (χ0v) is 11.7. The van der Waals surface area contributed by atoms with Crippen LogP contribution in [0.3, 0.4) is 0 Å². The van der Waals surface area contributed by atoms with Crippen LogP contribution in [-0.4, -0.2) is 30.5 Å². The van der Waals surface area contributed by atoms with Gasteiger partial charge >= 0.3 is 0 Å². The molecule has 0 amide bonds. The summed E-state index contributed by atoms with van der Waals surface area (Å²) in [7, 11) is 0. The smallest absolute Gasteiger partial charge is 0.191 e. The molecule has 1 heterocycles. The van der Waals surface area contributed by atoms with E-state index in [1.807, 2.05) is 0 Å². The molecular formula is C15H29N3. The first kappa shape index (κ1) is 13.7. The number of nitrogens with zero attached hydrogens (tertiary/aromatic N) is 2. The number of nitrogens with two attached hydrogens (primary N) is 1. The SMILES string of the molecule is NC(=NCCCCC1CCCC1)N1CCCCC1. The minimum atomic E-state index is 0.788. The van der Waals surface area contributed by atoms with E-state index < -0.39 is 0 Å². The predicted octanol–water partition coefficient (Wildman–Crippen LogP) is 3.15. The lowest BCUT2D eigenvalue weighted by Crippen LogP contribution is -2.40. The Morgan fingerprint density at radius 2 is 1.72 bits per heavy atom. The van der Waals surface area contributed by atoms with Gasteiger partial charge in [0.15, 0.2) is 5.96 Å². The molecule has 2 rings (SSSR count). The van der Waals surface area contributed by atoms with Gasteiger partial charge in [-0.1, -0.05) is 38.5 Å². The Labute approximate surface area is 112 Å². The molecule has 18 heavy (non-hydrogen) atoms. The van der Waals surface area contributed by atoms with Gasteiger partial charge in [0.25, 0.3) is 0 Å². The van der Waals surface area contributed by atoms with Crippen LogP contribution in [0.25, 0.3) is 0 Å². The molecule has 104 valence electrons. The Morgan fingerprint density at radius 1 is 1.00 bits per heavy atom. The lowest BCUT2D eigenvalue weighted by atomic mass is 10.0. The molecule has 3 heteroatoms. The van der Waals surface area contributed by atoms with E-state index in [1.54, 1.807) is 0 Å². The van der Waals surface area contributed by atoms with E-state index >= 15 is 0 Å². The number of rotatable bonds is 5. The fourth-order valence-electron chi connectivity index (χ4n) is 3.26. The van der Waals surface area contributed by atoms with Crippen LogP contribution in [0.2, 0.25) is 0 Å². The molecule has 1 saturated carbocycles. The van der Waals surface area contributed by atoms with Crippen molar-refractivity contribution in [2.45, 2.75) is 64.2 Å². The molecule has 2 N–H and O–H groups in total. The summed E-state index contributed by atoms with van der Waals surface area (Å²) in [4.78, 5) is 6.78. The second-order valence-corrected chi connectivity index (χ2v) is 5.93. The van der Waals surface area contributed by atoms with Gasteiger partial charge in [-0.15, -0.1) is 0 Å². The number of piperidine rings is 1. The average molecular weight is 251 g/mol. The fourth-order valence-corrected chi connectivity index (χ4v) is 3.26. The average Bonchev–Trinajstić information content (AvgIpc) is 2.92. The van der Waals surface area contributed by atoms with Crippen molar-refractivity contribution < 1.29 is 0 Å². The van der Waals surface area contributed by atoms with Crippen molar-refractivity contribution >= 4 is 5.96 Å². The maximum absolute atomic E-state index is 6.03. The van der Waals surface area contributed by atoms with Gasteiger partial charge in [-0.3, -0.25) is 4.99 Å². The van der Waals surface area contributed by atoms with Crippen LogP contribution in [0.4, 0.5) is 0 Å². The minimum absolute atomic E-state index is 0.788. The molecule has 2 aliphatic rings. The first-order valence-electron chi connectivity index (χ1n) is 7.91. The second kappa shape index (κ2) is 7.65. The highest BCUT2D eigenvalue weighted by molar-refractivity contribution is 5.78. The lowest BCUT2D eigenvalue weighted by molar-refractivity contribution is 0.338. The number of unbranched alkanes of at least 4 members (excludes halogenated alkanes) is 1. The van der Waals surface area contributed by atoms with Crippen LogP contribution in [0, 0.1) is 5.92 Å². The Bertz CT molecular complexity index is 250. The minimum Gasteiger partial charge on any atom is -0.370 e. The van der Waals surface area contributed by atoms with Crippen molar-refractivity contribution in [1.29, 1.82) is 0 Å². The van der Waals surface area contributed by atoms with E-state index in [0.29, 0.717) is 0 Å². The third-order valence-electron chi connectivity index (χ3n) is 4.45. The molecule has 0 aromatic carbocycles. The van der Waals surface area contributed by atoms with Gasteiger partial charge < -0.3 is 10.6 Å². The Kier molecular flexibility index (Phi) is 5.82. The number of likely N-dealkylation sites (tertiary alicyclic amines) is 1. The number of hydrogen-bond acceptors (Lipinski definition) is 1. The maximum Gasteiger partial charge on any atom is 0.191 e. The molecule has 1 aliphatic heterocycles. The molecule has 0 aromatic rings. The van der Waals surface area contributed by atoms with Crippen LogP contribution in [0.5, 0.6) is 0 Å². The lowest BCUT2D eigenvalue weighted by Gasteiger charge is -2.27. The normalized spacial score (nSPS) is 22.7. The van der Waals surface area contributed by atoms with Crippen molar-refractivity contribution in [3.05, 3.63) is 0 Å². The monoisotopic (exact) mass is 251 g/mol. The molecule has 1 aliphatic carbocycles. The van der Waals surface area contributed by atoms with Crippen LogP contribution >= 0.6 is 0 Å². The molecule has 0 aromatic heterocycles. The molecule has 1 saturated heterocycles. The highest BCUT2D eigenvalue weighted by atomic mass is 15.2. The maximum atomic E-state index is 6.03. The van der Waals surface area contributed by atoms with Gasteiger partial charge in [0.05, 0.1) is 0 Å². The molecule has 0 spiro atoms. The molecule has 0 atom stereocenters.